The third kappa shape index (κ3) is 5.12. The first-order valence-corrected chi connectivity index (χ1v) is 8.80. The van der Waals surface area contributed by atoms with E-state index in [4.69, 9.17) is 5.11 Å². The summed E-state index contributed by atoms with van der Waals surface area (Å²) in [6, 6.07) is -0.971. The smallest absolute Gasteiger partial charge is 0.404 e. The molecule has 0 saturated carbocycles. The summed E-state index contributed by atoms with van der Waals surface area (Å²) < 4.78 is 0. The molecule has 2 aliphatic rings. The lowest BCUT2D eigenvalue weighted by Gasteiger charge is -2.22. The molecule has 0 bridgehead atoms. The van der Waals surface area contributed by atoms with E-state index in [9.17, 15) is 14.4 Å². The lowest BCUT2D eigenvalue weighted by molar-refractivity contribution is -0.134. The standard InChI is InChI=1S/C15H23N5O4S/c1-19(2)14(22)10(7-16-15(23)24)17-12(21)13-18-9-5-4-6-20(3)8-11(9)25-13/h8,10,13,16H,4-7H2,1-3H3,(H,17,21)(H,23,24)/t10-,13?/m0/s1. The van der Waals surface area contributed by atoms with E-state index in [-0.39, 0.29) is 12.5 Å². The molecular formula is C15H23N5O4S. The predicted molar refractivity (Wildman–Crippen MR) is 95.4 cm³/mol. The highest BCUT2D eigenvalue weighted by Gasteiger charge is 2.33. The minimum absolute atomic E-state index is 0.197. The first kappa shape index (κ1) is 19.1. The quantitative estimate of drug-likeness (QED) is 0.624. The molecule has 9 nitrogen and oxygen atoms in total. The Morgan fingerprint density at radius 3 is 2.84 bits per heavy atom. The van der Waals surface area contributed by atoms with E-state index in [0.29, 0.717) is 0 Å². The molecule has 0 aliphatic carbocycles. The third-order valence-corrected chi connectivity index (χ3v) is 4.93. The molecule has 3 amide bonds. The van der Waals surface area contributed by atoms with Crippen molar-refractivity contribution in [1.82, 2.24) is 20.4 Å². The minimum atomic E-state index is -1.25. The molecule has 0 aromatic heterocycles. The van der Waals surface area contributed by atoms with Crippen LogP contribution < -0.4 is 10.6 Å². The molecule has 138 valence electrons. The van der Waals surface area contributed by atoms with Gasteiger partial charge in [0.05, 0.1) is 12.3 Å². The number of allylic oxidation sites excluding steroid dienone is 1. The van der Waals surface area contributed by atoms with Crippen molar-refractivity contribution in [2.75, 3.05) is 34.2 Å². The van der Waals surface area contributed by atoms with E-state index in [1.54, 1.807) is 14.1 Å². The zero-order valence-corrected chi connectivity index (χ0v) is 15.3. The van der Waals surface area contributed by atoms with Crippen molar-refractivity contribution in [3.8, 4) is 0 Å². The fraction of sp³-hybridized carbons (Fsp3) is 0.600. The molecule has 0 saturated heterocycles. The SMILES string of the molecule is CN1C=C2SC(C(=O)N[C@@H](CNC(=O)O)C(=O)N(C)C)N=C2CCC1. The third-order valence-electron chi connectivity index (χ3n) is 3.80. The Hall–Kier alpha value is -2.23. The van der Waals surface area contributed by atoms with Crippen molar-refractivity contribution in [2.24, 2.45) is 4.99 Å². The largest absolute Gasteiger partial charge is 0.465 e. The van der Waals surface area contributed by atoms with Crippen LogP contribution in [0.2, 0.25) is 0 Å². The average Bonchev–Trinajstić information content (AvgIpc) is 2.85. The molecule has 2 rings (SSSR count). The highest BCUT2D eigenvalue weighted by molar-refractivity contribution is 8.05. The van der Waals surface area contributed by atoms with E-state index in [1.165, 1.54) is 16.7 Å². The number of carboxylic acid groups (broad SMARTS) is 1. The number of nitrogens with one attached hydrogen (secondary N) is 2. The van der Waals surface area contributed by atoms with Gasteiger partial charge in [-0.2, -0.15) is 0 Å². The Morgan fingerprint density at radius 2 is 2.20 bits per heavy atom. The Kier molecular flexibility index (Phi) is 6.29. The molecular weight excluding hydrogens is 346 g/mol. The molecule has 0 fully saturated rings. The molecule has 0 aromatic carbocycles. The second kappa shape index (κ2) is 8.24. The highest BCUT2D eigenvalue weighted by atomic mass is 32.2. The van der Waals surface area contributed by atoms with Gasteiger partial charge < -0.3 is 25.5 Å². The summed E-state index contributed by atoms with van der Waals surface area (Å²) >= 11 is 1.35. The van der Waals surface area contributed by atoms with Crippen LogP contribution in [0.5, 0.6) is 0 Å². The normalized spacial score (nSPS) is 20.6. The monoisotopic (exact) mass is 369 g/mol. The topological polar surface area (TPSA) is 114 Å². The number of carbonyl (C=O) groups is 3. The van der Waals surface area contributed by atoms with Crippen LogP contribution in [0.25, 0.3) is 0 Å². The maximum atomic E-state index is 12.5. The number of hydrogen-bond donors (Lipinski definition) is 3. The van der Waals surface area contributed by atoms with Gasteiger partial charge in [-0.05, 0) is 12.8 Å². The summed E-state index contributed by atoms with van der Waals surface area (Å²) in [5.41, 5.74) is 0.911. The summed E-state index contributed by atoms with van der Waals surface area (Å²) in [4.78, 5) is 44.2. The maximum absolute atomic E-state index is 12.5. The van der Waals surface area contributed by atoms with Crippen LogP contribution in [-0.2, 0) is 9.59 Å². The van der Waals surface area contributed by atoms with Crippen molar-refractivity contribution < 1.29 is 19.5 Å². The van der Waals surface area contributed by atoms with Crippen molar-refractivity contribution >= 4 is 35.4 Å². The fourth-order valence-corrected chi connectivity index (χ4v) is 3.66. The number of nitrogens with zero attached hydrogens (tertiary/aromatic N) is 3. The number of hydrogen-bond acceptors (Lipinski definition) is 6. The van der Waals surface area contributed by atoms with Gasteiger partial charge in [-0.3, -0.25) is 14.6 Å². The van der Waals surface area contributed by atoms with E-state index in [0.717, 1.165) is 30.0 Å². The zero-order valence-electron chi connectivity index (χ0n) is 14.5. The van der Waals surface area contributed by atoms with Crippen LogP contribution >= 0.6 is 11.8 Å². The Bertz CT molecular complexity index is 619. The summed E-state index contributed by atoms with van der Waals surface area (Å²) in [5, 5.41) is 12.8. The number of fused-ring (bicyclic) bond motifs is 1. The molecule has 2 atom stereocenters. The zero-order chi connectivity index (χ0) is 18.6. The van der Waals surface area contributed by atoms with Crippen LogP contribution in [0.4, 0.5) is 4.79 Å². The van der Waals surface area contributed by atoms with E-state index >= 15 is 0 Å². The number of likely N-dealkylation sites (N-methyl/N-ethyl adjacent to an activating group) is 1. The van der Waals surface area contributed by atoms with Gasteiger partial charge in [0.2, 0.25) is 5.91 Å². The van der Waals surface area contributed by atoms with Crippen LogP contribution in [-0.4, -0.2) is 84.2 Å². The molecule has 1 unspecified atom stereocenters. The van der Waals surface area contributed by atoms with Crippen molar-refractivity contribution in [3.63, 3.8) is 0 Å². The van der Waals surface area contributed by atoms with Gasteiger partial charge >= 0.3 is 6.09 Å². The van der Waals surface area contributed by atoms with Crippen molar-refractivity contribution in [1.29, 1.82) is 0 Å². The molecule has 0 spiro atoms. The van der Waals surface area contributed by atoms with E-state index in [2.05, 4.69) is 20.5 Å². The predicted octanol–water partition coefficient (Wildman–Crippen LogP) is -0.0921. The van der Waals surface area contributed by atoms with Gasteiger partial charge in [0.1, 0.15) is 6.04 Å². The molecule has 3 N–H and O–H groups in total. The summed E-state index contributed by atoms with van der Waals surface area (Å²) in [6.45, 7) is 0.748. The van der Waals surface area contributed by atoms with Crippen LogP contribution in [0.15, 0.2) is 16.1 Å². The van der Waals surface area contributed by atoms with E-state index < -0.39 is 23.4 Å². The molecule has 25 heavy (non-hydrogen) atoms. The Balaban J connectivity index is 2.04. The fourth-order valence-electron chi connectivity index (χ4n) is 2.53. The number of amides is 3. The maximum Gasteiger partial charge on any atom is 0.404 e. The average molecular weight is 369 g/mol. The summed E-state index contributed by atoms with van der Waals surface area (Å²) in [5.74, 6) is -0.785. The van der Waals surface area contributed by atoms with Gasteiger partial charge in [-0.1, -0.05) is 11.8 Å². The lowest BCUT2D eigenvalue weighted by atomic mass is 10.2. The first-order chi connectivity index (χ1) is 11.8. The van der Waals surface area contributed by atoms with Crippen LogP contribution in [0.3, 0.4) is 0 Å². The Morgan fingerprint density at radius 1 is 1.48 bits per heavy atom. The minimum Gasteiger partial charge on any atom is -0.465 e. The van der Waals surface area contributed by atoms with Crippen LogP contribution in [0, 0.1) is 0 Å². The number of aliphatic imine (C=N–C) groups is 1. The Labute approximate surface area is 150 Å². The van der Waals surface area contributed by atoms with Gasteiger partial charge in [0, 0.05) is 38.8 Å². The van der Waals surface area contributed by atoms with Crippen molar-refractivity contribution in [2.45, 2.75) is 24.3 Å². The van der Waals surface area contributed by atoms with Gasteiger partial charge in [0.25, 0.3) is 5.91 Å². The summed E-state index contributed by atoms with van der Waals surface area (Å²) in [6.07, 6.45) is 2.51. The lowest BCUT2D eigenvalue weighted by Crippen LogP contribution is -2.53. The number of thioether (sulfide) groups is 1. The highest BCUT2D eigenvalue weighted by Crippen LogP contribution is 2.34. The van der Waals surface area contributed by atoms with Crippen LogP contribution in [0.1, 0.15) is 12.8 Å². The van der Waals surface area contributed by atoms with Crippen molar-refractivity contribution in [3.05, 3.63) is 11.1 Å². The van der Waals surface area contributed by atoms with Gasteiger partial charge in [0.15, 0.2) is 5.37 Å². The molecule has 10 heteroatoms. The van der Waals surface area contributed by atoms with E-state index in [1.807, 2.05) is 13.2 Å². The molecule has 0 aromatic rings. The number of rotatable bonds is 5. The van der Waals surface area contributed by atoms with Gasteiger partial charge in [-0.25, -0.2) is 4.79 Å². The van der Waals surface area contributed by atoms with Gasteiger partial charge in [-0.15, -0.1) is 0 Å². The summed E-state index contributed by atoms with van der Waals surface area (Å²) in [7, 11) is 5.07. The molecule has 0 radical (unpaired) electrons. The second-order valence-corrected chi connectivity index (χ2v) is 7.23. The number of carbonyl (C=O) groups excluding carboxylic acids is 2. The molecule has 2 heterocycles. The first-order valence-electron chi connectivity index (χ1n) is 7.92. The second-order valence-electron chi connectivity index (χ2n) is 6.10. The molecule has 2 aliphatic heterocycles.